The van der Waals surface area contributed by atoms with Crippen molar-refractivity contribution in [3.63, 3.8) is 0 Å². The first kappa shape index (κ1) is 11.3. The minimum Gasteiger partial charge on any atom is -0.397 e. The Balaban J connectivity index is 0.000000252. The molecule has 0 aromatic heterocycles. The van der Waals surface area contributed by atoms with Gasteiger partial charge < -0.3 is 11.5 Å². The number of nitrogens with two attached hydrogens (primary N) is 2. The summed E-state index contributed by atoms with van der Waals surface area (Å²) in [6.45, 7) is 8.93. The van der Waals surface area contributed by atoms with Crippen LogP contribution in [0.5, 0.6) is 0 Å². The monoisotopic (exact) mass is 176 g/mol. The minimum atomic E-state index is 0.646. The van der Waals surface area contributed by atoms with E-state index in [2.05, 4.69) is 13.2 Å². The molecule has 0 atom stereocenters. The fraction of sp³-hybridized carbons (Fsp3) is 0.0909. The number of hydrogen-bond donors (Lipinski definition) is 2. The predicted octanol–water partition coefficient (Wildman–Crippen LogP) is 2.60. The van der Waals surface area contributed by atoms with Gasteiger partial charge in [0.15, 0.2) is 0 Å². The Hall–Kier alpha value is -1.70. The predicted molar refractivity (Wildman–Crippen MR) is 60.3 cm³/mol. The topological polar surface area (TPSA) is 52.0 Å². The molecule has 70 valence electrons. The molecule has 0 aliphatic heterocycles. The molecule has 0 spiro atoms. The number of benzene rings is 1. The van der Waals surface area contributed by atoms with Crippen LogP contribution in [0.2, 0.25) is 0 Å². The van der Waals surface area contributed by atoms with Crippen molar-refractivity contribution in [3.05, 3.63) is 49.1 Å². The van der Waals surface area contributed by atoms with E-state index in [0.717, 1.165) is 5.57 Å². The zero-order valence-corrected chi connectivity index (χ0v) is 7.96. The van der Waals surface area contributed by atoms with E-state index in [1.807, 2.05) is 19.1 Å². The summed E-state index contributed by atoms with van der Waals surface area (Å²) >= 11 is 0. The number of hydrogen-bond acceptors (Lipinski definition) is 2. The molecule has 0 aliphatic carbocycles. The second-order valence-corrected chi connectivity index (χ2v) is 2.68. The lowest BCUT2D eigenvalue weighted by Gasteiger charge is -1.94. The summed E-state index contributed by atoms with van der Waals surface area (Å²) in [5.41, 5.74) is 13.1. The van der Waals surface area contributed by atoms with E-state index in [1.165, 1.54) is 0 Å². The van der Waals surface area contributed by atoms with Crippen molar-refractivity contribution >= 4 is 11.4 Å². The molecule has 4 N–H and O–H groups in total. The molecule has 2 nitrogen and oxygen atoms in total. The smallest absolute Gasteiger partial charge is 0.0547 e. The van der Waals surface area contributed by atoms with Crippen LogP contribution in [0.1, 0.15) is 6.92 Å². The number of nitrogen functional groups attached to an aromatic ring is 2. The van der Waals surface area contributed by atoms with Crippen LogP contribution in [0.4, 0.5) is 11.4 Å². The number of anilines is 2. The Morgan fingerprint density at radius 3 is 1.69 bits per heavy atom. The van der Waals surface area contributed by atoms with Crippen molar-refractivity contribution in [1.29, 1.82) is 0 Å². The lowest BCUT2D eigenvalue weighted by molar-refractivity contribution is 1.58. The molecular weight excluding hydrogens is 160 g/mol. The fourth-order valence-electron chi connectivity index (χ4n) is 0.511. The summed E-state index contributed by atoms with van der Waals surface area (Å²) in [5, 5.41) is 0. The lowest BCUT2D eigenvalue weighted by atomic mass is 10.3. The van der Waals surface area contributed by atoms with Gasteiger partial charge in [0, 0.05) is 0 Å². The van der Waals surface area contributed by atoms with E-state index < -0.39 is 0 Å². The zero-order valence-electron chi connectivity index (χ0n) is 7.96. The van der Waals surface area contributed by atoms with E-state index in [1.54, 1.807) is 18.2 Å². The third-order valence-corrected chi connectivity index (χ3v) is 1.34. The molecule has 0 saturated heterocycles. The molecule has 0 saturated carbocycles. The molecule has 1 aromatic rings. The molecule has 0 bridgehead atoms. The summed E-state index contributed by atoms with van der Waals surface area (Å²) in [6, 6.07) is 7.25. The van der Waals surface area contributed by atoms with Gasteiger partial charge in [0.1, 0.15) is 0 Å². The zero-order chi connectivity index (χ0) is 10.3. The largest absolute Gasteiger partial charge is 0.397 e. The van der Waals surface area contributed by atoms with Gasteiger partial charge in [-0.25, -0.2) is 0 Å². The maximum Gasteiger partial charge on any atom is 0.0547 e. The van der Waals surface area contributed by atoms with Gasteiger partial charge in [0.05, 0.1) is 11.4 Å². The molecule has 2 heteroatoms. The molecule has 13 heavy (non-hydrogen) atoms. The maximum absolute atomic E-state index is 5.39. The van der Waals surface area contributed by atoms with Crippen molar-refractivity contribution in [2.24, 2.45) is 0 Å². The summed E-state index contributed by atoms with van der Waals surface area (Å²) in [4.78, 5) is 0. The highest BCUT2D eigenvalue weighted by Crippen LogP contribution is 2.10. The van der Waals surface area contributed by atoms with Crippen LogP contribution in [0.3, 0.4) is 0 Å². The van der Waals surface area contributed by atoms with Gasteiger partial charge in [0.25, 0.3) is 0 Å². The normalized spacial score (nSPS) is 8.08. The highest BCUT2D eigenvalue weighted by Gasteiger charge is 1.85. The van der Waals surface area contributed by atoms with Crippen molar-refractivity contribution in [3.8, 4) is 0 Å². The van der Waals surface area contributed by atoms with Crippen molar-refractivity contribution in [1.82, 2.24) is 0 Å². The minimum absolute atomic E-state index is 0.646. The molecule has 0 radical (unpaired) electrons. The maximum atomic E-state index is 5.39. The van der Waals surface area contributed by atoms with Gasteiger partial charge in [-0.2, -0.15) is 0 Å². The second kappa shape index (κ2) is 5.89. The number of rotatable bonds is 1. The van der Waals surface area contributed by atoms with Crippen LogP contribution in [0.25, 0.3) is 0 Å². The number of allylic oxidation sites excluding steroid dienone is 2. The van der Waals surface area contributed by atoms with Crippen LogP contribution in [0.15, 0.2) is 49.1 Å². The highest BCUT2D eigenvalue weighted by molar-refractivity contribution is 5.62. The summed E-state index contributed by atoms with van der Waals surface area (Å²) < 4.78 is 0. The second-order valence-electron chi connectivity index (χ2n) is 2.68. The van der Waals surface area contributed by atoms with Gasteiger partial charge in [-0.3, -0.25) is 0 Å². The van der Waals surface area contributed by atoms with E-state index in [0.29, 0.717) is 11.4 Å². The van der Waals surface area contributed by atoms with Crippen molar-refractivity contribution < 1.29 is 0 Å². The van der Waals surface area contributed by atoms with E-state index in [-0.39, 0.29) is 0 Å². The van der Waals surface area contributed by atoms with Crippen LogP contribution in [-0.4, -0.2) is 0 Å². The van der Waals surface area contributed by atoms with Gasteiger partial charge in [0.2, 0.25) is 0 Å². The average molecular weight is 176 g/mol. The summed E-state index contributed by atoms with van der Waals surface area (Å²) in [6.07, 6.45) is 1.72. The van der Waals surface area contributed by atoms with Gasteiger partial charge in [-0.1, -0.05) is 36.9 Å². The standard InChI is InChI=1S/C6H8N2.C5H8/c7-5-3-1-2-4-6(5)8;1-4-5(2)3/h1-4H,7-8H2;4H,1-2H2,3H3. The highest BCUT2D eigenvalue weighted by atomic mass is 14.7. The molecule has 1 aromatic carbocycles. The van der Waals surface area contributed by atoms with Crippen LogP contribution in [0, 0.1) is 0 Å². The third kappa shape index (κ3) is 5.56. The molecule has 0 fully saturated rings. The first-order chi connectivity index (χ1) is 6.07. The quantitative estimate of drug-likeness (QED) is 0.510. The molecule has 0 amide bonds. The SMILES string of the molecule is C=CC(=C)C.Nc1ccccc1N. The molecule has 0 aliphatic rings. The third-order valence-electron chi connectivity index (χ3n) is 1.34. The van der Waals surface area contributed by atoms with E-state index >= 15 is 0 Å². The Bertz CT molecular complexity index is 269. The number of para-hydroxylation sites is 2. The Morgan fingerprint density at radius 2 is 1.54 bits per heavy atom. The van der Waals surface area contributed by atoms with E-state index in [4.69, 9.17) is 11.5 Å². The van der Waals surface area contributed by atoms with E-state index in [9.17, 15) is 0 Å². The van der Waals surface area contributed by atoms with Crippen molar-refractivity contribution in [2.45, 2.75) is 6.92 Å². The van der Waals surface area contributed by atoms with Crippen LogP contribution in [-0.2, 0) is 0 Å². The van der Waals surface area contributed by atoms with Gasteiger partial charge in [-0.15, -0.1) is 0 Å². The van der Waals surface area contributed by atoms with Crippen LogP contribution < -0.4 is 11.5 Å². The molecule has 0 heterocycles. The summed E-state index contributed by atoms with van der Waals surface area (Å²) in [7, 11) is 0. The van der Waals surface area contributed by atoms with Gasteiger partial charge in [-0.05, 0) is 19.1 Å². The first-order valence-electron chi connectivity index (χ1n) is 3.96. The van der Waals surface area contributed by atoms with Gasteiger partial charge >= 0.3 is 0 Å². The average Bonchev–Trinajstić information content (AvgIpc) is 2.11. The Labute approximate surface area is 79.6 Å². The molecular formula is C11H16N2. The first-order valence-corrected chi connectivity index (χ1v) is 3.96. The fourth-order valence-corrected chi connectivity index (χ4v) is 0.511. The van der Waals surface area contributed by atoms with Crippen LogP contribution >= 0.6 is 0 Å². The Kier molecular flexibility index (Phi) is 5.12. The molecule has 0 unspecified atom stereocenters. The lowest BCUT2D eigenvalue weighted by Crippen LogP contribution is -1.91. The Morgan fingerprint density at radius 1 is 1.23 bits per heavy atom. The molecule has 1 rings (SSSR count). The summed E-state index contributed by atoms with van der Waals surface area (Å²) in [5.74, 6) is 0. The van der Waals surface area contributed by atoms with Crippen molar-refractivity contribution in [2.75, 3.05) is 11.5 Å².